The van der Waals surface area contributed by atoms with E-state index in [4.69, 9.17) is 5.73 Å². The van der Waals surface area contributed by atoms with Gasteiger partial charge in [0.1, 0.15) is 23.1 Å². The minimum Gasteiger partial charge on any atom is -0.365 e. The zero-order valence-corrected chi connectivity index (χ0v) is 18.4. The number of amides is 1. The summed E-state index contributed by atoms with van der Waals surface area (Å²) in [6, 6.07) is 7.82. The first-order valence-corrected chi connectivity index (χ1v) is 10.3. The van der Waals surface area contributed by atoms with Gasteiger partial charge in [-0.05, 0) is 18.2 Å². The Morgan fingerprint density at radius 3 is 2.72 bits per heavy atom. The van der Waals surface area contributed by atoms with Gasteiger partial charge < -0.3 is 15.6 Å². The van der Waals surface area contributed by atoms with Crippen LogP contribution in [0.4, 0.5) is 13.2 Å². The minimum absolute atomic E-state index is 0.0353. The maximum absolute atomic E-state index is 14.4. The number of benzene rings is 1. The summed E-state index contributed by atoms with van der Waals surface area (Å²) >= 11 is 0. The highest BCUT2D eigenvalue weighted by atomic mass is 19.4. The summed E-state index contributed by atoms with van der Waals surface area (Å²) in [4.78, 5) is 28.0. The molecule has 0 bridgehead atoms. The Kier molecular flexibility index (Phi) is 5.01. The van der Waals surface area contributed by atoms with E-state index < -0.39 is 23.3 Å². The van der Waals surface area contributed by atoms with Crippen molar-refractivity contribution in [2.24, 2.45) is 12.8 Å². The predicted molar refractivity (Wildman–Crippen MR) is 123 cm³/mol. The third-order valence-electron chi connectivity index (χ3n) is 5.77. The van der Waals surface area contributed by atoms with Gasteiger partial charge in [0, 0.05) is 47.7 Å². The molecule has 0 atom stereocenters. The molecular formula is C24H14F3N7O2. The van der Waals surface area contributed by atoms with Gasteiger partial charge in [0.2, 0.25) is 0 Å². The molecule has 5 rings (SSSR count). The summed E-state index contributed by atoms with van der Waals surface area (Å²) in [7, 11) is 1.67. The van der Waals surface area contributed by atoms with E-state index in [0.29, 0.717) is 21.3 Å². The Morgan fingerprint density at radius 1 is 1.28 bits per heavy atom. The van der Waals surface area contributed by atoms with Crippen molar-refractivity contribution in [3.8, 4) is 23.0 Å². The number of carbonyl (C=O) groups excluding carboxylic acids is 2. The lowest BCUT2D eigenvalue weighted by molar-refractivity contribution is -0.143. The number of carbonyl (C=O) groups is 1. The summed E-state index contributed by atoms with van der Waals surface area (Å²) in [6.45, 7) is 0. The lowest BCUT2D eigenvalue weighted by atomic mass is 10.00. The summed E-state index contributed by atoms with van der Waals surface area (Å²) in [6.07, 6.45) is 0.634. The fourth-order valence-corrected chi connectivity index (χ4v) is 4.27. The highest BCUT2D eigenvalue weighted by molar-refractivity contribution is 6.01. The largest absolute Gasteiger partial charge is 0.434 e. The lowest BCUT2D eigenvalue weighted by Gasteiger charge is -2.18. The Bertz CT molecular complexity index is 1710. The molecule has 1 aliphatic heterocycles. The third-order valence-corrected chi connectivity index (χ3v) is 5.77. The van der Waals surface area contributed by atoms with E-state index in [-0.39, 0.29) is 33.8 Å². The smallest absolute Gasteiger partial charge is 0.365 e. The summed E-state index contributed by atoms with van der Waals surface area (Å²) in [5.74, 6) is 0.376. The number of aryl methyl sites for hydroxylation is 1. The number of nitrogens with zero attached hydrogens (tertiary/aromatic N) is 5. The van der Waals surface area contributed by atoms with Gasteiger partial charge in [-0.1, -0.05) is 12.1 Å². The molecule has 36 heavy (non-hydrogen) atoms. The van der Waals surface area contributed by atoms with E-state index in [9.17, 15) is 28.0 Å². The van der Waals surface area contributed by atoms with Crippen molar-refractivity contribution >= 4 is 34.7 Å². The second-order valence-corrected chi connectivity index (χ2v) is 7.90. The van der Waals surface area contributed by atoms with E-state index in [2.05, 4.69) is 15.4 Å². The number of nitrogens with two attached hydrogens (primary N) is 1. The number of hydrogen-bond acceptors (Lipinski definition) is 6. The van der Waals surface area contributed by atoms with Crippen molar-refractivity contribution < 1.29 is 22.8 Å². The van der Waals surface area contributed by atoms with Crippen LogP contribution in [0, 0.1) is 11.3 Å². The molecule has 3 aromatic heterocycles. The molecule has 0 saturated heterocycles. The molecule has 0 radical (unpaired) electrons. The van der Waals surface area contributed by atoms with Crippen LogP contribution >= 0.6 is 0 Å². The van der Waals surface area contributed by atoms with Crippen molar-refractivity contribution in [1.29, 1.82) is 5.26 Å². The van der Waals surface area contributed by atoms with Crippen LogP contribution in [-0.2, 0) is 18.0 Å². The van der Waals surface area contributed by atoms with Crippen molar-refractivity contribution in [3.63, 3.8) is 0 Å². The van der Waals surface area contributed by atoms with E-state index >= 15 is 0 Å². The van der Waals surface area contributed by atoms with E-state index in [0.717, 1.165) is 0 Å². The predicted octanol–water partition coefficient (Wildman–Crippen LogP) is 3.16. The van der Waals surface area contributed by atoms with Gasteiger partial charge in [-0.15, -0.1) is 0 Å². The molecule has 9 nitrogen and oxygen atoms in total. The minimum atomic E-state index is -5.03. The number of nitriles is 1. The van der Waals surface area contributed by atoms with Crippen LogP contribution in [0.5, 0.6) is 0 Å². The second-order valence-electron chi connectivity index (χ2n) is 7.90. The molecule has 1 amide bonds. The summed E-state index contributed by atoms with van der Waals surface area (Å²) in [5, 5.41) is 16.7. The molecule has 0 fully saturated rings. The number of aromatic nitrogens is 4. The first kappa shape index (κ1) is 22.6. The molecule has 1 aliphatic rings. The second kappa shape index (κ2) is 7.97. The van der Waals surface area contributed by atoms with Gasteiger partial charge in [0.05, 0.1) is 16.8 Å². The zero-order valence-electron chi connectivity index (χ0n) is 18.4. The van der Waals surface area contributed by atoms with Gasteiger partial charge >= 0.3 is 6.18 Å². The highest BCUT2D eigenvalue weighted by Gasteiger charge is 2.43. The number of pyridine rings is 1. The molecule has 0 spiro atoms. The monoisotopic (exact) mass is 489 g/mol. The molecule has 178 valence electrons. The maximum Gasteiger partial charge on any atom is 0.434 e. The number of hydrogen-bond donors (Lipinski definition) is 2. The van der Waals surface area contributed by atoms with Gasteiger partial charge in [-0.2, -0.15) is 23.5 Å². The molecule has 0 saturated carbocycles. The average molecular weight is 489 g/mol. The number of alkyl halides is 3. The molecule has 0 unspecified atom stereocenters. The lowest BCUT2D eigenvalue weighted by Crippen LogP contribution is -2.22. The van der Waals surface area contributed by atoms with Crippen molar-refractivity contribution in [2.75, 3.05) is 0 Å². The van der Waals surface area contributed by atoms with Crippen molar-refractivity contribution in [1.82, 2.24) is 24.6 Å². The Balaban J connectivity index is 1.85. The molecule has 0 aliphatic carbocycles. The maximum atomic E-state index is 14.4. The van der Waals surface area contributed by atoms with Gasteiger partial charge in [0.25, 0.3) is 5.91 Å². The van der Waals surface area contributed by atoms with Crippen LogP contribution in [0.1, 0.15) is 32.7 Å². The van der Waals surface area contributed by atoms with Gasteiger partial charge in [0.15, 0.2) is 11.6 Å². The first-order chi connectivity index (χ1) is 17.2. The molecule has 4 heterocycles. The topological polar surface area (TPSA) is 132 Å². The van der Waals surface area contributed by atoms with Crippen LogP contribution in [0.15, 0.2) is 42.9 Å². The van der Waals surface area contributed by atoms with Crippen LogP contribution in [0.25, 0.3) is 39.8 Å². The Labute approximate surface area is 200 Å². The number of primary amides is 1. The first-order valence-electron chi connectivity index (χ1n) is 10.3. The van der Waals surface area contributed by atoms with Crippen LogP contribution in [0.3, 0.4) is 0 Å². The highest BCUT2D eigenvalue weighted by Crippen LogP contribution is 2.40. The van der Waals surface area contributed by atoms with E-state index in [1.54, 1.807) is 23.6 Å². The Hall–Kier alpha value is -5.14. The zero-order chi connectivity index (χ0) is 25.8. The summed E-state index contributed by atoms with van der Waals surface area (Å²) in [5.41, 5.74) is 4.18. The summed E-state index contributed by atoms with van der Waals surface area (Å²) < 4.78 is 45.4. The Morgan fingerprint density at radius 2 is 2.06 bits per heavy atom. The quantitative estimate of drug-likeness (QED) is 0.425. The SMILES string of the molecule is Cn1cc(C#N)c2cc(-c3nn(-c4cccc5c4C=CNC5=C=O)c(C(F)(F)F)c3C(N)=O)cnc21. The van der Waals surface area contributed by atoms with E-state index in [1.165, 1.54) is 42.9 Å². The van der Waals surface area contributed by atoms with Crippen LogP contribution in [-0.4, -0.2) is 31.2 Å². The van der Waals surface area contributed by atoms with Gasteiger partial charge in [-0.25, -0.2) is 14.5 Å². The van der Waals surface area contributed by atoms with Gasteiger partial charge in [-0.3, -0.25) is 4.79 Å². The number of rotatable bonds is 3. The number of nitrogens with one attached hydrogen (secondary N) is 1. The van der Waals surface area contributed by atoms with Crippen LogP contribution in [0.2, 0.25) is 0 Å². The van der Waals surface area contributed by atoms with Crippen molar-refractivity contribution in [3.05, 3.63) is 70.8 Å². The molecular weight excluding hydrogens is 475 g/mol. The molecule has 12 heteroatoms. The normalized spacial score (nSPS) is 12.7. The fraction of sp³-hybridized carbons (Fsp3) is 0.0833. The van der Waals surface area contributed by atoms with E-state index in [1.807, 2.05) is 6.07 Å². The van der Waals surface area contributed by atoms with Crippen LogP contribution < -0.4 is 11.1 Å². The standard InChI is InChI=1S/C24H14F3N7O2/c1-33-10-13(8-28)16-7-12(9-31-23(16)33)20-19(22(29)36)21(24(25,26)27)34(32-20)18-4-2-3-14-15(18)5-6-30-17(14)11-35/h2-7,9-10,30H,1H3,(H2,29,36). The molecule has 1 aromatic carbocycles. The average Bonchev–Trinajstić information content (AvgIpc) is 3.41. The fourth-order valence-electron chi connectivity index (χ4n) is 4.27. The molecule has 4 aromatic rings. The van der Waals surface area contributed by atoms with Crippen molar-refractivity contribution in [2.45, 2.75) is 6.18 Å². The molecule has 3 N–H and O–H groups in total. The third kappa shape index (κ3) is 3.34. The number of halogens is 3. The number of fused-ring (bicyclic) bond motifs is 2.